The smallest absolute Gasteiger partial charge is 0.410 e. The van der Waals surface area contributed by atoms with E-state index in [2.05, 4.69) is 5.10 Å². The summed E-state index contributed by atoms with van der Waals surface area (Å²) in [4.78, 5) is 26.6. The van der Waals surface area contributed by atoms with E-state index in [1.807, 2.05) is 31.6 Å². The first-order valence-electron chi connectivity index (χ1n) is 9.54. The predicted molar refractivity (Wildman–Crippen MR) is 94.5 cm³/mol. The fraction of sp³-hybridized carbons (Fsp3) is 0.737. The molecule has 1 saturated heterocycles. The molecule has 2 fully saturated rings. The Labute approximate surface area is 153 Å². The molecule has 0 bridgehead atoms. The number of ketones is 1. The molecular formula is C19H27N3O4. The largest absolute Gasteiger partial charge is 0.483 e. The molecule has 2 aliphatic heterocycles. The lowest BCUT2D eigenvalue weighted by Crippen LogP contribution is -2.52. The molecule has 3 heterocycles. The average Bonchev–Trinajstić information content (AvgIpc) is 2.87. The number of aromatic nitrogens is 2. The molecule has 0 atom stereocenters. The van der Waals surface area contributed by atoms with E-state index in [9.17, 15) is 9.59 Å². The van der Waals surface area contributed by atoms with Crippen molar-refractivity contribution in [2.45, 2.75) is 76.5 Å². The summed E-state index contributed by atoms with van der Waals surface area (Å²) in [6.45, 7) is 6.66. The molecule has 3 aliphatic rings. The van der Waals surface area contributed by atoms with E-state index < -0.39 is 11.2 Å². The highest BCUT2D eigenvalue weighted by Gasteiger charge is 2.45. The molecule has 0 unspecified atom stereocenters. The maximum atomic E-state index is 12.6. The zero-order chi connectivity index (χ0) is 18.5. The molecule has 1 aliphatic carbocycles. The van der Waals surface area contributed by atoms with Crippen molar-refractivity contribution in [2.75, 3.05) is 13.1 Å². The quantitative estimate of drug-likeness (QED) is 0.767. The SMILES string of the molecule is CC(C)(C)OC(=O)N1CCC2(CC1)CC(=O)c1nn(C3CCC3)cc1O2. The minimum atomic E-state index is -0.518. The highest BCUT2D eigenvalue weighted by molar-refractivity contribution is 5.98. The summed E-state index contributed by atoms with van der Waals surface area (Å²) in [7, 11) is 0. The van der Waals surface area contributed by atoms with Gasteiger partial charge in [-0.3, -0.25) is 9.48 Å². The molecular weight excluding hydrogens is 334 g/mol. The van der Waals surface area contributed by atoms with Crippen LogP contribution in [0.25, 0.3) is 0 Å². The van der Waals surface area contributed by atoms with Crippen molar-refractivity contribution in [1.29, 1.82) is 0 Å². The topological polar surface area (TPSA) is 73.7 Å². The summed E-state index contributed by atoms with van der Waals surface area (Å²) < 4.78 is 13.6. The molecule has 1 spiro atoms. The van der Waals surface area contributed by atoms with Crippen LogP contribution in [-0.2, 0) is 4.74 Å². The van der Waals surface area contributed by atoms with Crippen LogP contribution in [-0.4, -0.2) is 50.8 Å². The van der Waals surface area contributed by atoms with Crippen LogP contribution in [0.5, 0.6) is 5.75 Å². The van der Waals surface area contributed by atoms with Crippen LogP contribution in [0.1, 0.15) is 75.8 Å². The highest BCUT2D eigenvalue weighted by atomic mass is 16.6. The lowest BCUT2D eigenvalue weighted by molar-refractivity contribution is -0.0227. The Hall–Kier alpha value is -2.05. The summed E-state index contributed by atoms with van der Waals surface area (Å²) in [5, 5.41) is 4.47. The third-order valence-corrected chi connectivity index (χ3v) is 5.55. The van der Waals surface area contributed by atoms with E-state index in [1.165, 1.54) is 6.42 Å². The minimum Gasteiger partial charge on any atom is -0.483 e. The Balaban J connectivity index is 1.44. The van der Waals surface area contributed by atoms with E-state index >= 15 is 0 Å². The average molecular weight is 361 g/mol. The summed E-state index contributed by atoms with van der Waals surface area (Å²) in [6, 6.07) is 0.405. The number of amides is 1. The molecule has 26 heavy (non-hydrogen) atoms. The molecule has 1 amide bonds. The molecule has 1 aromatic rings. The lowest BCUT2D eigenvalue weighted by Gasteiger charge is -2.43. The van der Waals surface area contributed by atoms with Crippen molar-refractivity contribution in [3.8, 4) is 5.75 Å². The van der Waals surface area contributed by atoms with Gasteiger partial charge in [-0.15, -0.1) is 0 Å². The van der Waals surface area contributed by atoms with Crippen molar-refractivity contribution < 1.29 is 19.1 Å². The van der Waals surface area contributed by atoms with Crippen LogP contribution in [0.3, 0.4) is 0 Å². The molecule has 7 nitrogen and oxygen atoms in total. The molecule has 1 saturated carbocycles. The lowest BCUT2D eigenvalue weighted by atomic mass is 9.84. The zero-order valence-electron chi connectivity index (χ0n) is 15.8. The van der Waals surface area contributed by atoms with Gasteiger partial charge in [0.25, 0.3) is 0 Å². The second-order valence-corrected chi connectivity index (χ2v) is 8.76. The van der Waals surface area contributed by atoms with Crippen molar-refractivity contribution in [3.05, 3.63) is 11.9 Å². The Morgan fingerprint density at radius 2 is 2.00 bits per heavy atom. The maximum Gasteiger partial charge on any atom is 0.410 e. The number of piperidine rings is 1. The number of carbonyl (C=O) groups is 2. The summed E-state index contributed by atoms with van der Waals surface area (Å²) in [5.41, 5.74) is -0.554. The van der Waals surface area contributed by atoms with Gasteiger partial charge in [0.2, 0.25) is 0 Å². The van der Waals surface area contributed by atoms with Gasteiger partial charge in [-0.2, -0.15) is 5.10 Å². The van der Waals surface area contributed by atoms with Crippen molar-refractivity contribution in [3.63, 3.8) is 0 Å². The molecule has 0 aromatic carbocycles. The van der Waals surface area contributed by atoms with E-state index in [1.54, 1.807) is 4.90 Å². The van der Waals surface area contributed by atoms with Gasteiger partial charge in [0.15, 0.2) is 17.2 Å². The number of ether oxygens (including phenoxy) is 2. The summed E-state index contributed by atoms with van der Waals surface area (Å²) >= 11 is 0. The normalized spacial score (nSPS) is 22.6. The van der Waals surface area contributed by atoms with Crippen LogP contribution < -0.4 is 4.74 Å². The fourth-order valence-electron chi connectivity index (χ4n) is 3.83. The monoisotopic (exact) mass is 361 g/mol. The maximum absolute atomic E-state index is 12.6. The second kappa shape index (κ2) is 5.99. The van der Waals surface area contributed by atoms with Gasteiger partial charge in [-0.25, -0.2) is 4.79 Å². The third-order valence-electron chi connectivity index (χ3n) is 5.55. The second-order valence-electron chi connectivity index (χ2n) is 8.76. The molecule has 142 valence electrons. The minimum absolute atomic E-state index is 0.0510. The van der Waals surface area contributed by atoms with E-state index in [4.69, 9.17) is 9.47 Å². The number of hydrogen-bond donors (Lipinski definition) is 0. The number of likely N-dealkylation sites (tertiary alicyclic amines) is 1. The van der Waals surface area contributed by atoms with Gasteiger partial charge in [0, 0.05) is 25.9 Å². The van der Waals surface area contributed by atoms with Gasteiger partial charge in [-0.05, 0) is 40.0 Å². The number of fused-ring (bicyclic) bond motifs is 1. The molecule has 7 heteroatoms. The van der Waals surface area contributed by atoms with E-state index in [-0.39, 0.29) is 11.9 Å². The van der Waals surface area contributed by atoms with Gasteiger partial charge >= 0.3 is 6.09 Å². The van der Waals surface area contributed by atoms with Gasteiger partial charge in [-0.1, -0.05) is 0 Å². The third kappa shape index (κ3) is 3.19. The zero-order valence-corrected chi connectivity index (χ0v) is 15.8. The first-order chi connectivity index (χ1) is 12.2. The van der Waals surface area contributed by atoms with Gasteiger partial charge in [0.05, 0.1) is 18.7 Å². The van der Waals surface area contributed by atoms with Crippen molar-refractivity contribution >= 4 is 11.9 Å². The number of nitrogens with zero attached hydrogens (tertiary/aromatic N) is 3. The first-order valence-corrected chi connectivity index (χ1v) is 9.54. The number of hydrogen-bond acceptors (Lipinski definition) is 5. The highest BCUT2D eigenvalue weighted by Crippen LogP contribution is 2.41. The Morgan fingerprint density at radius 3 is 2.58 bits per heavy atom. The molecule has 0 radical (unpaired) electrons. The molecule has 0 N–H and O–H groups in total. The van der Waals surface area contributed by atoms with Crippen LogP contribution in [0.15, 0.2) is 6.20 Å². The molecule has 1 aromatic heterocycles. The Morgan fingerprint density at radius 1 is 1.31 bits per heavy atom. The molecule has 4 rings (SSSR count). The predicted octanol–water partition coefficient (Wildman–Crippen LogP) is 3.34. The van der Waals surface area contributed by atoms with E-state index in [0.717, 1.165) is 12.8 Å². The van der Waals surface area contributed by atoms with Gasteiger partial charge in [0.1, 0.15) is 11.2 Å². The Bertz CT molecular complexity index is 722. The number of Topliss-reactive ketones (excluding diaryl/α,β-unsaturated/α-hetero) is 1. The number of carbonyl (C=O) groups excluding carboxylic acids is 2. The van der Waals surface area contributed by atoms with Crippen molar-refractivity contribution in [2.24, 2.45) is 0 Å². The van der Waals surface area contributed by atoms with Gasteiger partial charge < -0.3 is 14.4 Å². The van der Waals surface area contributed by atoms with Crippen LogP contribution in [0, 0.1) is 0 Å². The standard InChI is InChI=1S/C19H27N3O4/c1-18(2,3)26-17(24)21-9-7-19(8-10-21)11-14(23)16-15(25-19)12-22(20-16)13-5-4-6-13/h12-13H,4-11H2,1-3H3. The van der Waals surface area contributed by atoms with E-state index in [0.29, 0.717) is 49.8 Å². The number of rotatable bonds is 1. The first kappa shape index (κ1) is 17.4. The van der Waals surface area contributed by atoms with Crippen LogP contribution in [0.2, 0.25) is 0 Å². The van der Waals surface area contributed by atoms with Crippen molar-refractivity contribution in [1.82, 2.24) is 14.7 Å². The summed E-state index contributed by atoms with van der Waals surface area (Å²) in [5.74, 6) is 0.661. The fourth-order valence-corrected chi connectivity index (χ4v) is 3.83. The van der Waals surface area contributed by atoms with Crippen LogP contribution in [0.4, 0.5) is 4.79 Å². The summed E-state index contributed by atoms with van der Waals surface area (Å²) in [6.07, 6.45) is 6.64. The van der Waals surface area contributed by atoms with Crippen LogP contribution >= 0.6 is 0 Å². The Kier molecular flexibility index (Phi) is 4.00.